The fourth-order valence-corrected chi connectivity index (χ4v) is 9.80. The van der Waals surface area contributed by atoms with E-state index in [1.807, 2.05) is 0 Å². The molecule has 0 bridgehead atoms. The summed E-state index contributed by atoms with van der Waals surface area (Å²) in [7, 11) is -4.33. The summed E-state index contributed by atoms with van der Waals surface area (Å²) in [5, 5.41) is 103. The second-order valence-corrected chi connectivity index (χ2v) is 22.9. The summed E-state index contributed by atoms with van der Waals surface area (Å²) < 4.78 is 73.4. The van der Waals surface area contributed by atoms with Crippen LogP contribution < -0.4 is 26.6 Å². The van der Waals surface area contributed by atoms with Gasteiger partial charge in [0.1, 0.15) is 48.6 Å². The first kappa shape index (κ1) is 108. The van der Waals surface area contributed by atoms with Crippen LogP contribution in [0.15, 0.2) is 0 Å². The Morgan fingerprint density at radius 3 is 1.01 bits per heavy atom. The van der Waals surface area contributed by atoms with Gasteiger partial charge in [0.15, 0.2) is 18.9 Å². The van der Waals surface area contributed by atoms with E-state index < -0.39 is 167 Å². The molecular weight excluding hydrogens is 1280 g/mol. The van der Waals surface area contributed by atoms with E-state index in [4.69, 9.17) is 51.7 Å². The Morgan fingerprint density at radius 2 is 0.726 bits per heavy atom. The number of ether oxygens (including phenoxy) is 9. The molecule has 3 aliphatic heterocycles. The van der Waals surface area contributed by atoms with Crippen molar-refractivity contribution in [2.75, 3.05) is 112 Å². The van der Waals surface area contributed by atoms with Crippen molar-refractivity contribution in [2.45, 2.75) is 246 Å². The Balaban J connectivity index is -0.00000126. The Hall–Kier alpha value is -3.26. The molecule has 3 rings (SSSR count). The molecule has 3 fully saturated rings. The lowest BCUT2D eigenvalue weighted by atomic mass is 9.92. The molecule has 0 aromatic heterocycles. The number of nitrogens with one attached hydrogen (secondary N) is 5. The highest BCUT2D eigenvalue weighted by molar-refractivity contribution is 7.47. The van der Waals surface area contributed by atoms with E-state index in [9.17, 15) is 79.4 Å². The maximum absolute atomic E-state index is 13.7. The summed E-state index contributed by atoms with van der Waals surface area (Å²) in [6, 6.07) is 0. The van der Waals surface area contributed by atoms with Gasteiger partial charge in [-0.05, 0) is 39.5 Å². The quantitative estimate of drug-likeness (QED) is 0.0234. The van der Waals surface area contributed by atoms with E-state index in [1.54, 1.807) is 34.6 Å². The second-order valence-electron chi connectivity index (χ2n) is 21.5. The lowest BCUT2D eigenvalue weighted by molar-refractivity contribution is -0.282. The number of aliphatic hydroxyl groups is 9. The molecule has 3 heterocycles. The van der Waals surface area contributed by atoms with Crippen molar-refractivity contribution in [2.24, 2.45) is 17.8 Å². The number of hydrogen-bond donors (Lipinski definition) is 15. The fraction of sp³-hybridized carbons (Fsp3) is 0.919. The normalized spacial score (nSPS) is 26.3. The summed E-state index contributed by atoms with van der Waals surface area (Å²) in [5.74, 6) is -4.67. The number of rotatable bonds is 43. The zero-order valence-electron chi connectivity index (χ0n) is 49.3. The van der Waals surface area contributed by atoms with Crippen LogP contribution in [0.4, 0.5) is 0 Å². The summed E-state index contributed by atoms with van der Waals surface area (Å²) in [5.41, 5.74) is -1.62. The molecule has 15 N–H and O–H groups in total. The van der Waals surface area contributed by atoms with E-state index in [-0.39, 0.29) is 192 Å². The van der Waals surface area contributed by atoms with Crippen LogP contribution in [0.2, 0.25) is 0 Å². The molecule has 3 saturated heterocycles. The Labute approximate surface area is 568 Å². The number of phosphoric acid groups is 1. The molecule has 0 spiro atoms. The SMILES string of the molecule is C.C.C.C.C.C.C.C.C.C.CC(C)OP(=O)(O)OCCCNC(=O)CC(=O)NC(COCCC(=O)NCCCO[C@@H]1OC(CO)[C@H](O)[C@H](O)C1C)(COCCC(=O)NCCCO[C@@H]1OC(CO)[C@H](O)[C@H](O)C1C)COCCC(=O)NCCCO[C@@H]1OC(CO)[C@H](O)[C@H](O)C1C. The first-order chi connectivity index (χ1) is 40.4. The van der Waals surface area contributed by atoms with E-state index in [1.165, 1.54) is 0 Å². The van der Waals surface area contributed by atoms with Crippen LogP contribution in [0.1, 0.15) is 160 Å². The summed E-state index contributed by atoms with van der Waals surface area (Å²) in [4.78, 5) is 75.1. The number of hydrogen-bond acceptors (Lipinski definition) is 26. The lowest BCUT2D eigenvalue weighted by Gasteiger charge is -2.40. The molecule has 0 aromatic carbocycles. The van der Waals surface area contributed by atoms with Crippen LogP contribution in [0.5, 0.6) is 0 Å². The van der Waals surface area contributed by atoms with Gasteiger partial charge in [-0.25, -0.2) is 4.57 Å². The molecule has 95 heavy (non-hydrogen) atoms. The summed E-state index contributed by atoms with van der Waals surface area (Å²) in [6.45, 7) is 5.08. The smallest absolute Gasteiger partial charge is 0.394 e. The van der Waals surface area contributed by atoms with E-state index in [0.29, 0.717) is 19.3 Å². The minimum absolute atomic E-state index is 0. The van der Waals surface area contributed by atoms with Gasteiger partial charge in [0.05, 0.1) is 110 Å². The maximum Gasteiger partial charge on any atom is 0.472 e. The molecule has 3 aliphatic rings. The largest absolute Gasteiger partial charge is 0.472 e. The Bertz CT molecular complexity index is 1830. The van der Waals surface area contributed by atoms with Crippen LogP contribution in [-0.2, 0) is 80.2 Å². The molecular formula is C62H136N5O27P. The fourth-order valence-electron chi connectivity index (χ4n) is 8.85. The summed E-state index contributed by atoms with van der Waals surface area (Å²) in [6.07, 6.45) is -14.1. The third-order valence-electron chi connectivity index (χ3n) is 13.9. The van der Waals surface area contributed by atoms with Crippen molar-refractivity contribution >= 4 is 37.4 Å². The standard InChI is InChI=1S/C52H96N5O27P.10CH4/c1-31(2)84-85(72,73)80-20-9-16-56-41(64)24-42(65)57-52(28-74-21-10-38(61)53-13-6-17-77-49-32(3)43(66)46(69)35(25-58)81-49,29-75-22-11-39(62)54-14-7-18-78-50-33(4)44(67)47(70)36(26-59)82-50)30-76-23-12-40(63)55-15-8-19-79-51-34(5)45(68)48(71)37(27-60)83-51;;;;;;;;;;/h31-37,43-51,58-60,66-71H,6-30H2,1-5H3,(H,53,61)(H,54,62)(H,55,63)(H,56,64)(H,57,65)(H,72,73);10*1H4/t32?,33?,34?,35?,36?,37?,43-,44-,45-,46+,47+,48+,49-,50-,51-,52?;;;;;;;;;;/m1........../s1. The molecule has 0 aromatic rings. The van der Waals surface area contributed by atoms with Gasteiger partial charge in [0.2, 0.25) is 29.5 Å². The predicted octanol–water partition coefficient (Wildman–Crippen LogP) is 1.65. The number of carbonyl (C=O) groups excluding carboxylic acids is 5. The van der Waals surface area contributed by atoms with Crippen molar-refractivity contribution < 1.29 is 131 Å². The topological polar surface area (TPSA) is 466 Å². The van der Waals surface area contributed by atoms with Crippen molar-refractivity contribution in [3.05, 3.63) is 0 Å². The molecule has 0 aliphatic carbocycles. The first-order valence-corrected chi connectivity index (χ1v) is 30.4. The molecule has 32 nitrogen and oxygen atoms in total. The van der Waals surface area contributed by atoms with Crippen molar-refractivity contribution in [3.63, 3.8) is 0 Å². The molecule has 5 amide bonds. The van der Waals surface area contributed by atoms with Gasteiger partial charge < -0.3 is 120 Å². The third kappa shape index (κ3) is 39.9. The number of amides is 5. The minimum Gasteiger partial charge on any atom is -0.394 e. The van der Waals surface area contributed by atoms with Crippen LogP contribution in [-0.4, -0.2) is 278 Å². The van der Waals surface area contributed by atoms with Gasteiger partial charge in [-0.15, -0.1) is 0 Å². The lowest BCUT2D eigenvalue weighted by Crippen LogP contribution is -2.59. The molecule has 16 atom stereocenters. The van der Waals surface area contributed by atoms with E-state index in [2.05, 4.69) is 26.6 Å². The zero-order chi connectivity index (χ0) is 63.1. The van der Waals surface area contributed by atoms with Gasteiger partial charge >= 0.3 is 7.82 Å². The van der Waals surface area contributed by atoms with Crippen LogP contribution in [0.25, 0.3) is 0 Å². The molecule has 7 unspecified atom stereocenters. The maximum atomic E-state index is 13.7. The molecule has 0 saturated carbocycles. The van der Waals surface area contributed by atoms with Crippen molar-refractivity contribution in [3.8, 4) is 0 Å². The first-order valence-electron chi connectivity index (χ1n) is 28.9. The molecule has 576 valence electrons. The average Bonchev–Trinajstić information content (AvgIpc) is 0.873. The molecule has 0 radical (unpaired) electrons. The van der Waals surface area contributed by atoms with Crippen LogP contribution >= 0.6 is 7.82 Å². The van der Waals surface area contributed by atoms with Crippen molar-refractivity contribution in [1.82, 2.24) is 26.6 Å². The highest BCUT2D eigenvalue weighted by Gasteiger charge is 2.45. The number of aliphatic hydroxyl groups excluding tert-OH is 9. The highest BCUT2D eigenvalue weighted by Crippen LogP contribution is 2.44. The van der Waals surface area contributed by atoms with E-state index in [0.717, 1.165) is 0 Å². The summed E-state index contributed by atoms with van der Waals surface area (Å²) >= 11 is 0. The van der Waals surface area contributed by atoms with Crippen LogP contribution in [0.3, 0.4) is 0 Å². The Kier molecular flexibility index (Phi) is 65.2. The van der Waals surface area contributed by atoms with Gasteiger partial charge in [0, 0.05) is 63.2 Å². The van der Waals surface area contributed by atoms with Gasteiger partial charge in [0.25, 0.3) is 0 Å². The minimum atomic E-state index is -4.33. The highest BCUT2D eigenvalue weighted by atomic mass is 31.2. The van der Waals surface area contributed by atoms with Gasteiger partial charge in [-0.3, -0.25) is 33.0 Å². The average molecular weight is 1410 g/mol. The van der Waals surface area contributed by atoms with Gasteiger partial charge in [-0.2, -0.15) is 0 Å². The molecule has 33 heteroatoms. The predicted molar refractivity (Wildman–Crippen MR) is 360 cm³/mol. The van der Waals surface area contributed by atoms with Gasteiger partial charge in [-0.1, -0.05) is 95.0 Å². The Morgan fingerprint density at radius 1 is 0.442 bits per heavy atom. The zero-order valence-corrected chi connectivity index (χ0v) is 50.2. The van der Waals surface area contributed by atoms with Crippen molar-refractivity contribution in [1.29, 1.82) is 0 Å². The van der Waals surface area contributed by atoms with Crippen LogP contribution in [0, 0.1) is 17.8 Å². The second kappa shape index (κ2) is 57.5. The van der Waals surface area contributed by atoms with E-state index >= 15 is 0 Å². The monoisotopic (exact) mass is 1410 g/mol. The third-order valence-corrected chi connectivity index (χ3v) is 15.1. The number of phosphoric ester groups is 1. The number of carbonyl (C=O) groups is 5.